The summed E-state index contributed by atoms with van der Waals surface area (Å²) >= 11 is 0. The van der Waals surface area contributed by atoms with Crippen LogP contribution in [0.25, 0.3) is 0 Å². The zero-order valence-electron chi connectivity index (χ0n) is 14.1. The van der Waals surface area contributed by atoms with Gasteiger partial charge in [0.25, 0.3) is 5.56 Å². The van der Waals surface area contributed by atoms with E-state index in [-0.39, 0.29) is 28.8 Å². The number of aromatic nitrogens is 1. The van der Waals surface area contributed by atoms with Crippen LogP contribution in [0.15, 0.2) is 41.7 Å². The Morgan fingerprint density at radius 3 is 2.80 bits per heavy atom. The molecule has 1 heterocycles. The van der Waals surface area contributed by atoms with Crippen LogP contribution in [0.5, 0.6) is 11.6 Å². The molecule has 0 aliphatic rings. The van der Waals surface area contributed by atoms with Gasteiger partial charge in [0, 0.05) is 12.1 Å². The number of carbonyl (C=O) groups is 1. The Kier molecular flexibility index (Phi) is 5.40. The molecule has 6 nitrogen and oxygen atoms in total. The second kappa shape index (κ2) is 7.49. The van der Waals surface area contributed by atoms with Gasteiger partial charge in [-0.25, -0.2) is 0 Å². The van der Waals surface area contributed by atoms with Gasteiger partial charge >= 0.3 is 0 Å². The predicted molar refractivity (Wildman–Crippen MR) is 93.1 cm³/mol. The third-order valence-electron chi connectivity index (χ3n) is 3.75. The lowest BCUT2D eigenvalue weighted by molar-refractivity contribution is 0.103. The van der Waals surface area contributed by atoms with Crippen molar-refractivity contribution in [1.29, 1.82) is 5.26 Å². The highest BCUT2D eigenvalue weighted by molar-refractivity contribution is 6.11. The van der Waals surface area contributed by atoms with Crippen molar-refractivity contribution in [3.05, 3.63) is 69.5 Å². The van der Waals surface area contributed by atoms with Crippen molar-refractivity contribution in [3.63, 3.8) is 0 Å². The average Bonchev–Trinajstić information content (AvgIpc) is 2.59. The third-order valence-corrected chi connectivity index (χ3v) is 3.75. The summed E-state index contributed by atoms with van der Waals surface area (Å²) in [5, 5.41) is 19.7. The Hall–Kier alpha value is -3.33. The molecule has 0 spiro atoms. The van der Waals surface area contributed by atoms with Gasteiger partial charge in [0.15, 0.2) is 5.78 Å². The third kappa shape index (κ3) is 3.31. The largest absolute Gasteiger partial charge is 0.494 e. The molecule has 0 amide bonds. The van der Waals surface area contributed by atoms with Crippen LogP contribution in [-0.2, 0) is 6.54 Å². The minimum atomic E-state index is -0.656. The highest BCUT2D eigenvalue weighted by Crippen LogP contribution is 2.26. The van der Waals surface area contributed by atoms with Crippen molar-refractivity contribution in [3.8, 4) is 17.7 Å². The summed E-state index contributed by atoms with van der Waals surface area (Å²) in [5.74, 6) is -0.454. The highest BCUT2D eigenvalue weighted by Gasteiger charge is 2.24. The second-order valence-electron chi connectivity index (χ2n) is 5.30. The fourth-order valence-electron chi connectivity index (χ4n) is 2.56. The molecule has 0 aliphatic heterocycles. The number of pyridine rings is 1. The van der Waals surface area contributed by atoms with Crippen molar-refractivity contribution in [2.45, 2.75) is 20.4 Å². The second-order valence-corrected chi connectivity index (χ2v) is 5.30. The van der Waals surface area contributed by atoms with Crippen LogP contribution in [0.2, 0.25) is 0 Å². The van der Waals surface area contributed by atoms with E-state index in [4.69, 9.17) is 4.74 Å². The fraction of sp³-hybridized carbons (Fsp3) is 0.211. The molecular weight excluding hydrogens is 320 g/mol. The molecule has 25 heavy (non-hydrogen) atoms. The van der Waals surface area contributed by atoms with Crippen molar-refractivity contribution in [2.75, 3.05) is 6.61 Å². The predicted octanol–water partition coefficient (Wildman–Crippen LogP) is 2.55. The molecule has 0 atom stereocenters. The van der Waals surface area contributed by atoms with E-state index in [0.717, 1.165) is 4.57 Å². The number of ether oxygens (including phenoxy) is 1. The highest BCUT2D eigenvalue weighted by atomic mass is 16.5. The molecule has 0 bridgehead atoms. The summed E-state index contributed by atoms with van der Waals surface area (Å²) in [6.45, 7) is 7.26. The Morgan fingerprint density at radius 1 is 1.48 bits per heavy atom. The topological polar surface area (TPSA) is 92.3 Å². The van der Waals surface area contributed by atoms with Crippen LogP contribution in [0.3, 0.4) is 0 Å². The number of rotatable bonds is 6. The summed E-state index contributed by atoms with van der Waals surface area (Å²) in [6.07, 6.45) is 1.40. The maximum atomic E-state index is 12.9. The molecule has 0 aliphatic carbocycles. The van der Waals surface area contributed by atoms with Gasteiger partial charge in [-0.2, -0.15) is 5.26 Å². The van der Waals surface area contributed by atoms with Crippen molar-refractivity contribution >= 4 is 5.78 Å². The summed E-state index contributed by atoms with van der Waals surface area (Å²) in [5.41, 5.74) is -0.471. The number of carbonyl (C=O) groups excluding carboxylic acids is 1. The lowest BCUT2D eigenvalue weighted by Crippen LogP contribution is -2.26. The van der Waals surface area contributed by atoms with E-state index < -0.39 is 17.2 Å². The molecule has 0 saturated carbocycles. The molecule has 0 saturated heterocycles. The van der Waals surface area contributed by atoms with E-state index in [9.17, 15) is 20.0 Å². The average molecular weight is 338 g/mol. The van der Waals surface area contributed by atoms with Gasteiger partial charge < -0.3 is 9.84 Å². The first-order valence-electron chi connectivity index (χ1n) is 7.71. The van der Waals surface area contributed by atoms with E-state index in [1.807, 2.05) is 13.0 Å². The number of nitrogens with zero attached hydrogens (tertiary/aromatic N) is 2. The molecule has 128 valence electrons. The number of ketones is 1. The Bertz CT molecular complexity index is 936. The van der Waals surface area contributed by atoms with E-state index in [1.54, 1.807) is 24.3 Å². The molecule has 2 rings (SSSR count). The molecule has 1 N–H and O–H groups in total. The van der Waals surface area contributed by atoms with Crippen LogP contribution >= 0.6 is 0 Å². The zero-order valence-corrected chi connectivity index (χ0v) is 14.1. The standard InChI is InChI=1S/C19H18N2O4/c1-4-9-21-18(23)15(11-20)12(3)16(19(21)24)17(22)13-7-6-8-14(10-13)25-5-2/h4,6-8,10,24H,1,5,9H2,2-3H3. The van der Waals surface area contributed by atoms with E-state index in [2.05, 4.69) is 6.58 Å². The molecule has 1 aromatic carbocycles. The number of hydrogen-bond acceptors (Lipinski definition) is 5. The zero-order chi connectivity index (χ0) is 18.6. The molecule has 2 aromatic rings. The van der Waals surface area contributed by atoms with E-state index >= 15 is 0 Å². The van der Waals surface area contributed by atoms with Gasteiger partial charge in [0.1, 0.15) is 17.4 Å². The van der Waals surface area contributed by atoms with Crippen LogP contribution in [0.1, 0.15) is 34.0 Å². The van der Waals surface area contributed by atoms with Gasteiger partial charge in [-0.3, -0.25) is 14.2 Å². The van der Waals surface area contributed by atoms with Gasteiger partial charge in [0.05, 0.1) is 12.2 Å². The molecule has 0 radical (unpaired) electrons. The van der Waals surface area contributed by atoms with Crippen LogP contribution in [-0.4, -0.2) is 22.1 Å². The first-order valence-corrected chi connectivity index (χ1v) is 7.71. The summed E-state index contributed by atoms with van der Waals surface area (Å²) < 4.78 is 6.34. The van der Waals surface area contributed by atoms with E-state index in [1.165, 1.54) is 13.0 Å². The molecule has 6 heteroatoms. The van der Waals surface area contributed by atoms with Crippen LogP contribution in [0, 0.1) is 18.3 Å². The van der Waals surface area contributed by atoms with Gasteiger partial charge in [0.2, 0.25) is 5.88 Å². The summed E-state index contributed by atoms with van der Waals surface area (Å²) in [4.78, 5) is 25.2. The first kappa shape index (κ1) is 18.0. The summed E-state index contributed by atoms with van der Waals surface area (Å²) in [7, 11) is 0. The number of hydrogen-bond donors (Lipinski definition) is 1. The Morgan fingerprint density at radius 2 is 2.20 bits per heavy atom. The summed E-state index contributed by atoms with van der Waals surface area (Å²) in [6, 6.07) is 8.33. The van der Waals surface area contributed by atoms with Crippen LogP contribution < -0.4 is 10.3 Å². The normalized spacial score (nSPS) is 10.1. The lowest BCUT2D eigenvalue weighted by atomic mass is 9.97. The van der Waals surface area contributed by atoms with Gasteiger partial charge in [-0.1, -0.05) is 18.2 Å². The van der Waals surface area contributed by atoms with Gasteiger partial charge in [-0.15, -0.1) is 6.58 Å². The Balaban J connectivity index is 2.70. The lowest BCUT2D eigenvalue weighted by Gasteiger charge is -2.14. The number of aromatic hydroxyl groups is 1. The first-order chi connectivity index (χ1) is 12.0. The monoisotopic (exact) mass is 338 g/mol. The maximum Gasteiger partial charge on any atom is 0.271 e. The molecule has 1 aromatic heterocycles. The molecule has 0 unspecified atom stereocenters. The number of allylic oxidation sites excluding steroid dienone is 1. The smallest absolute Gasteiger partial charge is 0.271 e. The van der Waals surface area contributed by atoms with Crippen LogP contribution in [0.4, 0.5) is 0 Å². The minimum absolute atomic E-state index is 0.0150. The van der Waals surface area contributed by atoms with Crippen molar-refractivity contribution < 1.29 is 14.6 Å². The number of nitriles is 1. The minimum Gasteiger partial charge on any atom is -0.494 e. The van der Waals surface area contributed by atoms with Crippen molar-refractivity contribution in [1.82, 2.24) is 4.57 Å². The van der Waals surface area contributed by atoms with Crippen molar-refractivity contribution in [2.24, 2.45) is 0 Å². The van der Waals surface area contributed by atoms with Gasteiger partial charge in [-0.05, 0) is 31.5 Å². The maximum absolute atomic E-state index is 12.9. The Labute approximate surface area is 145 Å². The fourth-order valence-corrected chi connectivity index (χ4v) is 2.56. The van der Waals surface area contributed by atoms with E-state index in [0.29, 0.717) is 12.4 Å². The molecule has 0 fully saturated rings. The quantitative estimate of drug-likeness (QED) is 0.645. The molecular formula is C19H18N2O4. The SMILES string of the molecule is C=CCn1c(O)c(C(=O)c2cccc(OCC)c2)c(C)c(C#N)c1=O. The number of benzene rings is 1.